The molecule has 24 heavy (non-hydrogen) atoms. The molecule has 0 fully saturated rings. The van der Waals surface area contributed by atoms with Crippen molar-refractivity contribution in [2.24, 2.45) is 0 Å². The minimum Gasteiger partial charge on any atom is -0.305 e. The number of hydrogen-bond donors (Lipinski definition) is 1. The number of carbonyl (C=O) groups is 1. The summed E-state index contributed by atoms with van der Waals surface area (Å²) in [6.07, 6.45) is 1.49. The third kappa shape index (κ3) is 3.46. The number of halogens is 1. The van der Waals surface area contributed by atoms with Crippen molar-refractivity contribution in [3.63, 3.8) is 0 Å². The van der Waals surface area contributed by atoms with Crippen LogP contribution in [0.5, 0.6) is 0 Å². The van der Waals surface area contributed by atoms with E-state index in [0.29, 0.717) is 16.5 Å². The van der Waals surface area contributed by atoms with Crippen LogP contribution in [0.15, 0.2) is 54.7 Å². The highest BCUT2D eigenvalue weighted by molar-refractivity contribution is 6.30. The number of rotatable bonds is 4. The first kappa shape index (κ1) is 16.2. The minimum absolute atomic E-state index is 0.218. The molecular weight excluding hydrogens is 324 g/mol. The molecule has 122 valence electrons. The summed E-state index contributed by atoms with van der Waals surface area (Å²) < 4.78 is 1.65. The highest BCUT2D eigenvalue weighted by Crippen LogP contribution is 2.19. The van der Waals surface area contributed by atoms with E-state index >= 15 is 0 Å². The van der Waals surface area contributed by atoms with Crippen molar-refractivity contribution in [1.82, 2.24) is 14.8 Å². The van der Waals surface area contributed by atoms with Gasteiger partial charge < -0.3 is 5.32 Å². The van der Waals surface area contributed by atoms with Gasteiger partial charge in [-0.1, -0.05) is 43.6 Å². The second-order valence-electron chi connectivity index (χ2n) is 5.67. The van der Waals surface area contributed by atoms with E-state index in [4.69, 9.17) is 11.6 Å². The molecule has 0 aliphatic carbocycles. The van der Waals surface area contributed by atoms with Crippen LogP contribution in [0.4, 0.5) is 5.82 Å². The zero-order valence-electron chi connectivity index (χ0n) is 13.4. The third-order valence-electron chi connectivity index (χ3n) is 3.52. The maximum absolute atomic E-state index is 12.7. The minimum atomic E-state index is -0.270. The molecular formula is C18H17ClN4O. The van der Waals surface area contributed by atoms with E-state index in [9.17, 15) is 4.79 Å². The normalized spacial score (nSPS) is 10.8. The Morgan fingerprint density at radius 3 is 2.54 bits per heavy atom. The van der Waals surface area contributed by atoms with Gasteiger partial charge in [0.1, 0.15) is 11.5 Å². The van der Waals surface area contributed by atoms with Crippen LogP contribution in [0, 0.1) is 0 Å². The smallest absolute Gasteiger partial charge is 0.275 e. The number of benzene rings is 1. The predicted molar refractivity (Wildman–Crippen MR) is 94.9 cm³/mol. The monoisotopic (exact) mass is 340 g/mol. The molecule has 6 heteroatoms. The molecule has 0 aliphatic rings. The number of para-hydroxylation sites is 1. The van der Waals surface area contributed by atoms with Crippen LogP contribution in [-0.4, -0.2) is 20.7 Å². The molecule has 0 atom stereocenters. The maximum Gasteiger partial charge on any atom is 0.275 e. The summed E-state index contributed by atoms with van der Waals surface area (Å²) in [4.78, 5) is 16.8. The molecule has 2 aromatic heterocycles. The summed E-state index contributed by atoms with van der Waals surface area (Å²) in [5, 5.41) is 7.87. The van der Waals surface area contributed by atoms with E-state index in [1.165, 1.54) is 6.20 Å². The average Bonchev–Trinajstić information content (AvgIpc) is 3.03. The van der Waals surface area contributed by atoms with Crippen LogP contribution >= 0.6 is 11.6 Å². The standard InChI is InChI=1S/C18H17ClN4O/c1-12(2)15-10-16(23(22-15)14-6-4-3-5-7-14)18(24)21-17-9-8-13(19)11-20-17/h3-12H,1-2H3,(H,20,21,24). The van der Waals surface area contributed by atoms with Gasteiger partial charge in [0.05, 0.1) is 16.4 Å². The molecule has 0 saturated heterocycles. The zero-order chi connectivity index (χ0) is 17.1. The Labute approximate surface area is 145 Å². The van der Waals surface area contributed by atoms with Crippen LogP contribution in [0.25, 0.3) is 5.69 Å². The number of pyridine rings is 1. The van der Waals surface area contributed by atoms with Gasteiger partial charge in [-0.3, -0.25) is 4.79 Å². The fourth-order valence-corrected chi connectivity index (χ4v) is 2.35. The number of nitrogens with one attached hydrogen (secondary N) is 1. The summed E-state index contributed by atoms with van der Waals surface area (Å²) in [6.45, 7) is 4.08. The molecule has 0 unspecified atom stereocenters. The van der Waals surface area contributed by atoms with Gasteiger partial charge in [-0.05, 0) is 36.2 Å². The Bertz CT molecular complexity index is 841. The highest BCUT2D eigenvalue weighted by atomic mass is 35.5. The summed E-state index contributed by atoms with van der Waals surface area (Å²) in [6, 6.07) is 14.7. The van der Waals surface area contributed by atoms with Gasteiger partial charge in [0, 0.05) is 6.20 Å². The van der Waals surface area contributed by atoms with Crippen molar-refractivity contribution in [2.45, 2.75) is 19.8 Å². The van der Waals surface area contributed by atoms with Gasteiger partial charge in [0.2, 0.25) is 0 Å². The quantitative estimate of drug-likeness (QED) is 0.770. The van der Waals surface area contributed by atoms with E-state index in [1.807, 2.05) is 50.2 Å². The molecule has 1 amide bonds. The molecule has 3 aromatic rings. The van der Waals surface area contributed by atoms with Crippen LogP contribution in [0.3, 0.4) is 0 Å². The van der Waals surface area contributed by atoms with Crippen molar-refractivity contribution in [3.8, 4) is 5.69 Å². The molecule has 1 aromatic carbocycles. The lowest BCUT2D eigenvalue weighted by Crippen LogP contribution is -2.17. The first-order chi connectivity index (χ1) is 11.5. The van der Waals surface area contributed by atoms with E-state index in [1.54, 1.807) is 16.8 Å². The largest absolute Gasteiger partial charge is 0.305 e. The van der Waals surface area contributed by atoms with Gasteiger partial charge in [0.25, 0.3) is 5.91 Å². The fraction of sp³-hybridized carbons (Fsp3) is 0.167. The molecule has 3 rings (SSSR count). The number of amides is 1. The molecule has 5 nitrogen and oxygen atoms in total. The number of carbonyl (C=O) groups excluding carboxylic acids is 1. The van der Waals surface area contributed by atoms with Gasteiger partial charge in [-0.15, -0.1) is 0 Å². The van der Waals surface area contributed by atoms with Crippen LogP contribution in [0.1, 0.15) is 35.9 Å². The second kappa shape index (κ2) is 6.84. The van der Waals surface area contributed by atoms with Crippen LogP contribution in [-0.2, 0) is 0 Å². The Morgan fingerprint density at radius 2 is 1.92 bits per heavy atom. The first-order valence-electron chi connectivity index (χ1n) is 7.63. The Kier molecular flexibility index (Phi) is 4.62. The van der Waals surface area contributed by atoms with Crippen molar-refractivity contribution in [1.29, 1.82) is 0 Å². The number of hydrogen-bond acceptors (Lipinski definition) is 3. The summed E-state index contributed by atoms with van der Waals surface area (Å²) >= 11 is 5.82. The zero-order valence-corrected chi connectivity index (χ0v) is 14.2. The summed E-state index contributed by atoms with van der Waals surface area (Å²) in [7, 11) is 0. The first-order valence-corrected chi connectivity index (χ1v) is 8.00. The van der Waals surface area contributed by atoms with E-state index in [-0.39, 0.29) is 11.8 Å². The predicted octanol–water partition coefficient (Wildman–Crippen LogP) is 4.30. The fourth-order valence-electron chi connectivity index (χ4n) is 2.24. The van der Waals surface area contributed by atoms with Gasteiger partial charge >= 0.3 is 0 Å². The van der Waals surface area contributed by atoms with E-state index in [2.05, 4.69) is 15.4 Å². The van der Waals surface area contributed by atoms with E-state index in [0.717, 1.165) is 11.4 Å². The third-order valence-corrected chi connectivity index (χ3v) is 3.75. The van der Waals surface area contributed by atoms with Gasteiger partial charge in [-0.25, -0.2) is 9.67 Å². The van der Waals surface area contributed by atoms with Gasteiger partial charge in [-0.2, -0.15) is 5.10 Å². The van der Waals surface area contributed by atoms with Crippen LogP contribution in [0.2, 0.25) is 5.02 Å². The molecule has 2 heterocycles. The molecule has 0 aliphatic heterocycles. The summed E-state index contributed by atoms with van der Waals surface area (Å²) in [5.41, 5.74) is 2.15. The Balaban J connectivity index is 1.96. The molecule has 0 radical (unpaired) electrons. The van der Waals surface area contributed by atoms with Crippen molar-refractivity contribution < 1.29 is 4.79 Å². The highest BCUT2D eigenvalue weighted by Gasteiger charge is 2.18. The molecule has 0 bridgehead atoms. The lowest BCUT2D eigenvalue weighted by molar-refractivity contribution is 0.101. The average molecular weight is 341 g/mol. The maximum atomic E-state index is 12.7. The Morgan fingerprint density at radius 1 is 1.17 bits per heavy atom. The number of anilines is 1. The lowest BCUT2D eigenvalue weighted by Gasteiger charge is -2.08. The lowest BCUT2D eigenvalue weighted by atomic mass is 10.1. The second-order valence-corrected chi connectivity index (χ2v) is 6.11. The molecule has 0 saturated carbocycles. The van der Waals surface area contributed by atoms with E-state index < -0.39 is 0 Å². The van der Waals surface area contributed by atoms with Crippen molar-refractivity contribution in [3.05, 3.63) is 71.1 Å². The number of aromatic nitrogens is 3. The van der Waals surface area contributed by atoms with Crippen molar-refractivity contribution in [2.75, 3.05) is 5.32 Å². The molecule has 0 spiro atoms. The van der Waals surface area contributed by atoms with Crippen molar-refractivity contribution >= 4 is 23.3 Å². The topological polar surface area (TPSA) is 59.8 Å². The SMILES string of the molecule is CC(C)c1cc(C(=O)Nc2ccc(Cl)cn2)n(-c2ccccc2)n1. The number of nitrogens with zero attached hydrogens (tertiary/aromatic N) is 3. The molecule has 1 N–H and O–H groups in total. The summed E-state index contributed by atoms with van der Waals surface area (Å²) in [5.74, 6) is 0.388. The van der Waals surface area contributed by atoms with Gasteiger partial charge in [0.15, 0.2) is 0 Å². The Hall–Kier alpha value is -2.66. The van der Waals surface area contributed by atoms with Crippen LogP contribution < -0.4 is 5.32 Å².